The molecule has 0 bridgehead atoms. The lowest BCUT2D eigenvalue weighted by atomic mass is 10.2. The van der Waals surface area contributed by atoms with Crippen molar-refractivity contribution in [2.75, 3.05) is 17.5 Å². The van der Waals surface area contributed by atoms with Crippen molar-refractivity contribution in [3.63, 3.8) is 0 Å². The average molecular weight is 342 g/mol. The largest absolute Gasteiger partial charge is 0.478 e. The van der Waals surface area contributed by atoms with E-state index < -0.39 is 22.6 Å². The second kappa shape index (κ2) is 6.42. The number of benzene rings is 1. The van der Waals surface area contributed by atoms with Crippen molar-refractivity contribution < 1.29 is 23.4 Å². The number of carboxylic acids is 1. The molecule has 1 aromatic heterocycles. The van der Waals surface area contributed by atoms with Gasteiger partial charge in [0.1, 0.15) is 0 Å². The van der Waals surface area contributed by atoms with Gasteiger partial charge < -0.3 is 10.2 Å². The van der Waals surface area contributed by atoms with Crippen LogP contribution in [0.25, 0.3) is 0 Å². The number of anilines is 1. The highest BCUT2D eigenvalue weighted by molar-refractivity contribution is 7.94. The summed E-state index contributed by atoms with van der Waals surface area (Å²) >= 11 is 0.988. The second-order valence-electron chi connectivity index (χ2n) is 4.32. The van der Waals surface area contributed by atoms with Crippen molar-refractivity contribution in [1.82, 2.24) is 4.98 Å². The number of nitrogens with zero attached hydrogens (tertiary/aromatic N) is 2. The molecule has 1 aromatic carbocycles. The third-order valence-electron chi connectivity index (χ3n) is 2.85. The maximum Gasteiger partial charge on any atom is 0.337 e. The number of sulfonamides is 1. The van der Waals surface area contributed by atoms with Gasteiger partial charge in [-0.2, -0.15) is 0 Å². The molecular formula is C13H14N2O5S2. The van der Waals surface area contributed by atoms with Crippen LogP contribution in [0.3, 0.4) is 0 Å². The van der Waals surface area contributed by atoms with Crippen molar-refractivity contribution >= 4 is 33.0 Å². The van der Waals surface area contributed by atoms with Crippen LogP contribution in [-0.2, 0) is 10.0 Å². The Bertz CT molecular complexity index is 785. The zero-order valence-electron chi connectivity index (χ0n) is 11.6. The molecule has 0 fully saturated rings. The van der Waals surface area contributed by atoms with Crippen LogP contribution in [0.5, 0.6) is 0 Å². The first-order valence-electron chi connectivity index (χ1n) is 6.26. The zero-order chi connectivity index (χ0) is 16.3. The minimum atomic E-state index is -3.99. The normalized spacial score (nSPS) is 11.4. The second-order valence-corrected chi connectivity index (χ2v) is 7.65. The highest BCUT2D eigenvalue weighted by Gasteiger charge is 2.29. The Morgan fingerprint density at radius 3 is 2.59 bits per heavy atom. The molecule has 0 aliphatic rings. The number of aromatic carboxylic acids is 1. The number of hydrogen-bond acceptors (Lipinski definition) is 6. The highest BCUT2D eigenvalue weighted by Crippen LogP contribution is 2.29. The van der Waals surface area contributed by atoms with Crippen LogP contribution in [0.4, 0.5) is 5.69 Å². The predicted molar refractivity (Wildman–Crippen MR) is 81.9 cm³/mol. The van der Waals surface area contributed by atoms with Crippen LogP contribution in [-0.4, -0.2) is 42.7 Å². The molecule has 0 atom stereocenters. The van der Waals surface area contributed by atoms with Crippen molar-refractivity contribution in [3.8, 4) is 0 Å². The minimum absolute atomic E-state index is 0.00126. The first-order valence-corrected chi connectivity index (χ1v) is 8.52. The molecule has 118 valence electrons. The van der Waals surface area contributed by atoms with E-state index in [-0.39, 0.29) is 22.0 Å². The van der Waals surface area contributed by atoms with Crippen LogP contribution in [0.2, 0.25) is 0 Å². The lowest BCUT2D eigenvalue weighted by molar-refractivity contribution is 0.0697. The number of aromatic nitrogens is 1. The smallest absolute Gasteiger partial charge is 0.337 e. The lowest BCUT2D eigenvalue weighted by Gasteiger charge is -2.24. The third kappa shape index (κ3) is 3.11. The number of aliphatic hydroxyl groups is 1. The molecule has 0 unspecified atom stereocenters. The van der Waals surface area contributed by atoms with Gasteiger partial charge in [0.2, 0.25) is 0 Å². The van der Waals surface area contributed by atoms with Crippen LogP contribution >= 0.6 is 11.3 Å². The van der Waals surface area contributed by atoms with Gasteiger partial charge in [-0.05, 0) is 19.1 Å². The van der Waals surface area contributed by atoms with Gasteiger partial charge in [0.25, 0.3) is 10.0 Å². The van der Waals surface area contributed by atoms with E-state index in [2.05, 4.69) is 4.98 Å². The summed E-state index contributed by atoms with van der Waals surface area (Å²) in [6.45, 7) is 0.986. The number of aryl methyl sites for hydroxylation is 1. The number of aliphatic hydroxyl groups excluding tert-OH is 1. The summed E-state index contributed by atoms with van der Waals surface area (Å²) in [5.41, 5.74) is -0.143. The molecule has 0 radical (unpaired) electrons. The number of hydrogen-bond donors (Lipinski definition) is 2. The van der Waals surface area contributed by atoms with E-state index >= 15 is 0 Å². The van der Waals surface area contributed by atoms with Crippen molar-refractivity contribution in [3.05, 3.63) is 41.0 Å². The van der Waals surface area contributed by atoms with E-state index in [1.807, 2.05) is 0 Å². The quantitative estimate of drug-likeness (QED) is 0.820. The summed E-state index contributed by atoms with van der Waals surface area (Å²) in [6, 6.07) is 5.76. The molecule has 2 aromatic rings. The van der Waals surface area contributed by atoms with Gasteiger partial charge in [-0.1, -0.05) is 12.1 Å². The van der Waals surface area contributed by atoms with E-state index in [4.69, 9.17) is 0 Å². The maximum atomic E-state index is 12.7. The molecule has 2 rings (SSSR count). The SMILES string of the molecule is Cc1ncc(S(=O)(=O)N(CCO)c2ccccc2C(=O)O)s1. The number of thiazole rings is 1. The first kappa shape index (κ1) is 16.4. The Morgan fingerprint density at radius 1 is 1.36 bits per heavy atom. The fourth-order valence-corrected chi connectivity index (χ4v) is 4.60. The molecule has 7 nitrogen and oxygen atoms in total. The lowest BCUT2D eigenvalue weighted by Crippen LogP contribution is -2.34. The fourth-order valence-electron chi connectivity index (χ4n) is 1.90. The number of rotatable bonds is 6. The predicted octanol–water partition coefficient (Wildman–Crippen LogP) is 1.34. The van der Waals surface area contributed by atoms with E-state index in [0.29, 0.717) is 5.01 Å². The topological polar surface area (TPSA) is 108 Å². The van der Waals surface area contributed by atoms with Gasteiger partial charge in [-0.25, -0.2) is 18.2 Å². The molecule has 0 spiro atoms. The van der Waals surface area contributed by atoms with Gasteiger partial charge in [0, 0.05) is 0 Å². The van der Waals surface area contributed by atoms with Crippen molar-refractivity contribution in [2.24, 2.45) is 0 Å². The highest BCUT2D eigenvalue weighted by atomic mass is 32.2. The van der Waals surface area contributed by atoms with Crippen LogP contribution in [0.1, 0.15) is 15.4 Å². The van der Waals surface area contributed by atoms with E-state index in [0.717, 1.165) is 15.6 Å². The van der Waals surface area contributed by atoms with Crippen LogP contribution in [0.15, 0.2) is 34.7 Å². The Labute approximate surface area is 131 Å². The summed E-state index contributed by atoms with van der Waals surface area (Å²) in [5.74, 6) is -1.24. The molecule has 22 heavy (non-hydrogen) atoms. The standard InChI is InChI=1S/C13H14N2O5S2/c1-9-14-8-12(21-9)22(19,20)15(6-7-16)11-5-3-2-4-10(11)13(17)18/h2-5,8,16H,6-7H2,1H3,(H,17,18). The summed E-state index contributed by atoms with van der Waals surface area (Å²) in [6.07, 6.45) is 1.23. The number of carbonyl (C=O) groups is 1. The Morgan fingerprint density at radius 2 is 2.05 bits per heavy atom. The summed E-state index contributed by atoms with van der Waals surface area (Å²) < 4.78 is 26.3. The fraction of sp³-hybridized carbons (Fsp3) is 0.231. The molecule has 0 saturated carbocycles. The van der Waals surface area contributed by atoms with Crippen molar-refractivity contribution in [1.29, 1.82) is 0 Å². The van der Waals surface area contributed by atoms with Gasteiger partial charge in [-0.3, -0.25) is 4.31 Å². The maximum absolute atomic E-state index is 12.7. The minimum Gasteiger partial charge on any atom is -0.478 e. The van der Waals surface area contributed by atoms with Gasteiger partial charge in [0.15, 0.2) is 4.21 Å². The van der Waals surface area contributed by atoms with Crippen molar-refractivity contribution in [2.45, 2.75) is 11.1 Å². The summed E-state index contributed by atoms with van der Waals surface area (Å²) in [4.78, 5) is 15.2. The monoisotopic (exact) mass is 342 g/mol. The molecule has 1 heterocycles. The number of carboxylic acid groups (broad SMARTS) is 1. The first-order chi connectivity index (χ1) is 10.4. The van der Waals surface area contributed by atoms with Crippen LogP contribution < -0.4 is 4.31 Å². The molecule has 9 heteroatoms. The Kier molecular flexibility index (Phi) is 4.79. The molecule has 0 aliphatic heterocycles. The number of para-hydroxylation sites is 1. The van der Waals surface area contributed by atoms with Gasteiger partial charge in [-0.15, -0.1) is 11.3 Å². The third-order valence-corrected chi connectivity index (χ3v) is 6.01. The molecular weight excluding hydrogens is 328 g/mol. The van der Waals surface area contributed by atoms with Crippen LogP contribution in [0, 0.1) is 6.92 Å². The van der Waals surface area contributed by atoms with E-state index in [1.54, 1.807) is 13.0 Å². The van der Waals surface area contributed by atoms with E-state index in [1.165, 1.54) is 24.4 Å². The molecule has 0 aliphatic carbocycles. The summed E-state index contributed by atoms with van der Waals surface area (Å²) in [7, 11) is -3.99. The Balaban J connectivity index is 2.58. The average Bonchev–Trinajstić information content (AvgIpc) is 2.92. The van der Waals surface area contributed by atoms with Gasteiger partial charge >= 0.3 is 5.97 Å². The van der Waals surface area contributed by atoms with Gasteiger partial charge in [0.05, 0.1) is 35.6 Å². The Hall–Kier alpha value is -1.97. The van der Waals surface area contributed by atoms with E-state index in [9.17, 15) is 23.4 Å². The molecule has 0 saturated heterocycles. The summed E-state index contributed by atoms with van der Waals surface area (Å²) in [5, 5.41) is 19.0. The zero-order valence-corrected chi connectivity index (χ0v) is 13.3. The molecule has 2 N–H and O–H groups in total. The molecule has 0 amide bonds.